The van der Waals surface area contributed by atoms with E-state index in [1.54, 1.807) is 4.68 Å². The van der Waals surface area contributed by atoms with Crippen molar-refractivity contribution in [3.63, 3.8) is 0 Å². The predicted molar refractivity (Wildman–Crippen MR) is 138 cm³/mol. The molecule has 0 fully saturated rings. The Bertz CT molecular complexity index is 1400. The van der Waals surface area contributed by atoms with Crippen LogP contribution in [0.15, 0.2) is 79.0 Å². The lowest BCUT2D eigenvalue weighted by atomic mass is 10.00. The third-order valence-electron chi connectivity index (χ3n) is 6.68. The number of nitrogens with one attached hydrogen (secondary N) is 1. The van der Waals surface area contributed by atoms with Crippen LogP contribution in [0, 0.1) is 0 Å². The lowest BCUT2D eigenvalue weighted by Gasteiger charge is -2.38. The molecule has 1 aromatic heterocycles. The molecule has 2 aliphatic heterocycles. The third kappa shape index (κ3) is 4.17. The zero-order valence-corrected chi connectivity index (χ0v) is 20.2. The number of ether oxygens (including phenoxy) is 2. The van der Waals surface area contributed by atoms with Gasteiger partial charge in [-0.1, -0.05) is 42.5 Å². The molecule has 2 aliphatic rings. The molecule has 36 heavy (non-hydrogen) atoms. The van der Waals surface area contributed by atoms with Gasteiger partial charge in [-0.15, -0.1) is 0 Å². The van der Waals surface area contributed by atoms with Crippen LogP contribution in [-0.4, -0.2) is 40.3 Å². The van der Waals surface area contributed by atoms with Gasteiger partial charge in [0.1, 0.15) is 6.17 Å². The summed E-state index contributed by atoms with van der Waals surface area (Å²) in [4.78, 5) is 15.6. The summed E-state index contributed by atoms with van der Waals surface area (Å²) in [6.07, 6.45) is 3.23. The highest BCUT2D eigenvalue weighted by Crippen LogP contribution is 2.39. The Balaban J connectivity index is 1.40. The number of benzene rings is 3. The number of amides is 1. The Morgan fingerprint density at radius 1 is 0.972 bits per heavy atom. The van der Waals surface area contributed by atoms with Crippen LogP contribution < -0.4 is 14.8 Å². The second-order valence-electron chi connectivity index (χ2n) is 9.15. The highest BCUT2D eigenvalue weighted by molar-refractivity contribution is 6.01. The van der Waals surface area contributed by atoms with E-state index in [4.69, 9.17) is 14.6 Å². The van der Waals surface area contributed by atoms with Crippen molar-refractivity contribution in [3.8, 4) is 22.8 Å². The van der Waals surface area contributed by atoms with Crippen molar-refractivity contribution in [2.45, 2.75) is 19.0 Å². The first-order valence-corrected chi connectivity index (χ1v) is 12.3. The molecular weight excluding hydrogens is 452 g/mol. The Morgan fingerprint density at radius 3 is 2.61 bits per heavy atom. The van der Waals surface area contributed by atoms with Crippen LogP contribution in [0.3, 0.4) is 0 Å². The summed E-state index contributed by atoms with van der Waals surface area (Å²) >= 11 is 0. The first kappa shape index (κ1) is 22.2. The van der Waals surface area contributed by atoms with Gasteiger partial charge in [0.15, 0.2) is 11.5 Å². The Kier molecular flexibility index (Phi) is 5.81. The maximum atomic E-state index is 13.7. The molecule has 0 unspecified atom stereocenters. The molecule has 7 heteroatoms. The van der Waals surface area contributed by atoms with Crippen LogP contribution in [0.1, 0.15) is 34.1 Å². The summed E-state index contributed by atoms with van der Waals surface area (Å²) in [5.41, 5.74) is 5.37. The van der Waals surface area contributed by atoms with E-state index >= 15 is 0 Å². The van der Waals surface area contributed by atoms with Crippen LogP contribution in [0.25, 0.3) is 11.3 Å². The van der Waals surface area contributed by atoms with E-state index in [1.807, 2.05) is 78.8 Å². The fraction of sp³-hybridized carbons (Fsp3) is 0.241. The van der Waals surface area contributed by atoms with E-state index in [1.165, 1.54) is 5.56 Å². The summed E-state index contributed by atoms with van der Waals surface area (Å²) in [6, 6.07) is 23.9. The largest absolute Gasteiger partial charge is 0.490 e. The van der Waals surface area contributed by atoms with Crippen molar-refractivity contribution in [2.24, 2.45) is 7.05 Å². The number of carbonyl (C=O) groups excluding carboxylic acids is 1. The number of fused-ring (bicyclic) bond motifs is 2. The number of aryl methyl sites for hydroxylation is 1. The Labute approximate surface area is 210 Å². The van der Waals surface area contributed by atoms with Gasteiger partial charge >= 0.3 is 0 Å². The molecule has 7 nitrogen and oxygen atoms in total. The minimum Gasteiger partial charge on any atom is -0.490 e. The van der Waals surface area contributed by atoms with Crippen molar-refractivity contribution in [1.82, 2.24) is 14.7 Å². The van der Waals surface area contributed by atoms with E-state index in [0.29, 0.717) is 25.3 Å². The molecule has 0 radical (unpaired) electrons. The van der Waals surface area contributed by atoms with Gasteiger partial charge in [0, 0.05) is 43.0 Å². The first-order valence-electron chi connectivity index (χ1n) is 12.3. The fourth-order valence-corrected chi connectivity index (χ4v) is 4.91. The van der Waals surface area contributed by atoms with Gasteiger partial charge in [0.2, 0.25) is 0 Å². The second-order valence-corrected chi connectivity index (χ2v) is 9.15. The molecule has 0 bridgehead atoms. The smallest absolute Gasteiger partial charge is 0.257 e. The van der Waals surface area contributed by atoms with Gasteiger partial charge in [0.05, 0.1) is 24.5 Å². The van der Waals surface area contributed by atoms with Crippen molar-refractivity contribution in [1.29, 1.82) is 0 Å². The molecule has 182 valence electrons. The summed E-state index contributed by atoms with van der Waals surface area (Å²) in [5.74, 6) is 1.48. The predicted octanol–water partition coefficient (Wildman–Crippen LogP) is 5.06. The van der Waals surface area contributed by atoms with Crippen LogP contribution in [0.4, 0.5) is 5.69 Å². The number of carbonyl (C=O) groups is 1. The lowest BCUT2D eigenvalue weighted by molar-refractivity contribution is 0.0686. The lowest BCUT2D eigenvalue weighted by Crippen LogP contribution is -2.44. The molecule has 0 aliphatic carbocycles. The van der Waals surface area contributed by atoms with Gasteiger partial charge in [-0.2, -0.15) is 5.10 Å². The average Bonchev–Trinajstić information content (AvgIpc) is 3.14. The monoisotopic (exact) mass is 480 g/mol. The Morgan fingerprint density at radius 2 is 1.75 bits per heavy atom. The fourth-order valence-electron chi connectivity index (χ4n) is 4.91. The van der Waals surface area contributed by atoms with E-state index in [-0.39, 0.29) is 12.1 Å². The highest BCUT2D eigenvalue weighted by atomic mass is 16.5. The summed E-state index contributed by atoms with van der Waals surface area (Å²) in [7, 11) is 1.91. The third-order valence-corrected chi connectivity index (χ3v) is 6.68. The minimum absolute atomic E-state index is 0.0127. The number of nitrogens with zero attached hydrogens (tertiary/aromatic N) is 3. The normalized spacial score (nSPS) is 16.8. The average molecular weight is 481 g/mol. The first-order chi connectivity index (χ1) is 17.7. The van der Waals surface area contributed by atoms with Gasteiger partial charge in [-0.25, -0.2) is 0 Å². The molecule has 1 atom stereocenters. The molecule has 1 amide bonds. The topological polar surface area (TPSA) is 68.6 Å². The molecule has 0 saturated carbocycles. The molecule has 4 aromatic rings. The Hall–Kier alpha value is -4.26. The van der Waals surface area contributed by atoms with Gasteiger partial charge in [-0.3, -0.25) is 9.48 Å². The van der Waals surface area contributed by atoms with E-state index in [2.05, 4.69) is 17.4 Å². The highest BCUT2D eigenvalue weighted by Gasteiger charge is 2.35. The van der Waals surface area contributed by atoms with Crippen LogP contribution >= 0.6 is 0 Å². The SMILES string of the molecule is Cn1cc([C@@H]2Nc3ccccc3C(=O)N2CCc2ccccc2)c(-c2ccc3c(c2)OCCCO3)n1. The van der Waals surface area contributed by atoms with Crippen molar-refractivity contribution in [2.75, 3.05) is 25.1 Å². The number of rotatable bonds is 5. The van der Waals surface area contributed by atoms with Crippen LogP contribution in [-0.2, 0) is 13.5 Å². The maximum absolute atomic E-state index is 13.7. The molecule has 1 N–H and O–H groups in total. The molecule has 3 aromatic carbocycles. The summed E-state index contributed by atoms with van der Waals surface area (Å²) < 4.78 is 13.6. The van der Waals surface area contributed by atoms with Crippen LogP contribution in [0.2, 0.25) is 0 Å². The van der Waals surface area contributed by atoms with Crippen molar-refractivity contribution < 1.29 is 14.3 Å². The van der Waals surface area contributed by atoms with Gasteiger partial charge in [0.25, 0.3) is 5.91 Å². The zero-order valence-electron chi connectivity index (χ0n) is 20.2. The molecule has 6 rings (SSSR count). The maximum Gasteiger partial charge on any atom is 0.257 e. The molecule has 0 spiro atoms. The zero-order chi connectivity index (χ0) is 24.5. The number of aromatic nitrogens is 2. The van der Waals surface area contributed by atoms with Gasteiger partial charge in [-0.05, 0) is 42.3 Å². The minimum atomic E-state index is -0.365. The number of anilines is 1. The molecular formula is C29H28N4O3. The van der Waals surface area contributed by atoms with E-state index < -0.39 is 0 Å². The van der Waals surface area contributed by atoms with Crippen molar-refractivity contribution in [3.05, 3.63) is 95.7 Å². The number of hydrogen-bond acceptors (Lipinski definition) is 5. The molecule has 0 saturated heterocycles. The second kappa shape index (κ2) is 9.41. The molecule has 3 heterocycles. The van der Waals surface area contributed by atoms with Gasteiger partial charge < -0.3 is 19.7 Å². The standard InChI is InChI=1S/C29H28N4O3/c1-32-19-23(27(31-32)21-12-13-25-26(18-21)36-17-7-16-35-25)28-30-24-11-6-5-10-22(24)29(34)33(28)15-14-20-8-3-2-4-9-20/h2-6,8-13,18-19,28,30H,7,14-17H2,1H3/t28-/m1/s1. The van der Waals surface area contributed by atoms with E-state index in [9.17, 15) is 4.79 Å². The summed E-state index contributed by atoms with van der Waals surface area (Å²) in [5, 5.41) is 8.43. The number of para-hydroxylation sites is 1. The van der Waals surface area contributed by atoms with Crippen LogP contribution in [0.5, 0.6) is 11.5 Å². The van der Waals surface area contributed by atoms with Crippen molar-refractivity contribution >= 4 is 11.6 Å². The number of hydrogen-bond donors (Lipinski definition) is 1. The summed E-state index contributed by atoms with van der Waals surface area (Å²) in [6.45, 7) is 1.84. The van der Waals surface area contributed by atoms with E-state index in [0.717, 1.165) is 46.8 Å². The quantitative estimate of drug-likeness (QED) is 0.433.